The van der Waals surface area contributed by atoms with Crippen molar-refractivity contribution in [1.82, 2.24) is 9.55 Å². The number of imidazole rings is 1. The molecular formula is C10H16F3N3O. The summed E-state index contributed by atoms with van der Waals surface area (Å²) in [6, 6.07) is -0.0723. The molecule has 0 saturated heterocycles. The predicted octanol–water partition coefficient (Wildman–Crippen LogP) is 2.37. The molecule has 1 atom stereocenters. The van der Waals surface area contributed by atoms with Gasteiger partial charge in [-0.15, -0.1) is 0 Å². The summed E-state index contributed by atoms with van der Waals surface area (Å²) in [4.78, 5) is 4.01. The zero-order valence-corrected chi connectivity index (χ0v) is 10.0. The Morgan fingerprint density at radius 2 is 2.18 bits per heavy atom. The molecular weight excluding hydrogens is 235 g/mol. The second kappa shape index (κ2) is 5.39. The molecule has 1 rings (SSSR count). The Labute approximate surface area is 97.8 Å². The zero-order valence-electron chi connectivity index (χ0n) is 10.0. The Bertz CT molecular complexity index is 362. The summed E-state index contributed by atoms with van der Waals surface area (Å²) in [5.74, 6) is 0.212. The molecule has 1 N–H and O–H groups in total. The summed E-state index contributed by atoms with van der Waals surface area (Å²) < 4.78 is 42.9. The molecule has 1 aromatic rings. The van der Waals surface area contributed by atoms with E-state index in [2.05, 4.69) is 10.3 Å². The molecule has 0 fully saturated rings. The number of nitrogens with zero attached hydrogens (tertiary/aromatic N) is 2. The lowest BCUT2D eigenvalue weighted by Crippen LogP contribution is -2.24. The van der Waals surface area contributed by atoms with Crippen molar-refractivity contribution in [3.8, 4) is 0 Å². The summed E-state index contributed by atoms with van der Waals surface area (Å²) in [5, 5.41) is 2.28. The van der Waals surface area contributed by atoms with Crippen LogP contribution in [-0.2, 0) is 4.74 Å². The van der Waals surface area contributed by atoms with E-state index in [0.717, 1.165) is 0 Å². The molecule has 0 aliphatic rings. The minimum absolute atomic E-state index is 0.0723. The van der Waals surface area contributed by atoms with Gasteiger partial charge in [-0.3, -0.25) is 0 Å². The Balaban J connectivity index is 2.77. The minimum Gasteiger partial charge on any atom is -0.383 e. The first kappa shape index (κ1) is 13.8. The highest BCUT2D eigenvalue weighted by Crippen LogP contribution is 2.19. The van der Waals surface area contributed by atoms with Gasteiger partial charge in [0, 0.05) is 13.3 Å². The van der Waals surface area contributed by atoms with E-state index in [4.69, 9.17) is 4.74 Å². The van der Waals surface area contributed by atoms with Crippen LogP contribution < -0.4 is 5.32 Å². The molecule has 7 heteroatoms. The Kier molecular flexibility index (Phi) is 4.39. The maximum Gasteiger partial charge on any atom is 0.405 e. The molecule has 1 unspecified atom stereocenters. The third-order valence-electron chi connectivity index (χ3n) is 2.18. The van der Waals surface area contributed by atoms with Crippen LogP contribution in [0.2, 0.25) is 0 Å². The molecule has 17 heavy (non-hydrogen) atoms. The van der Waals surface area contributed by atoms with Crippen molar-refractivity contribution in [3.05, 3.63) is 11.9 Å². The van der Waals surface area contributed by atoms with Crippen LogP contribution in [-0.4, -0.2) is 36.0 Å². The van der Waals surface area contributed by atoms with E-state index in [1.807, 2.05) is 6.92 Å². The zero-order chi connectivity index (χ0) is 13.1. The van der Waals surface area contributed by atoms with Crippen LogP contribution in [0, 0.1) is 6.92 Å². The van der Waals surface area contributed by atoms with Crippen LogP contribution in [0.1, 0.15) is 18.7 Å². The van der Waals surface area contributed by atoms with Gasteiger partial charge in [-0.05, 0) is 13.8 Å². The largest absolute Gasteiger partial charge is 0.405 e. The van der Waals surface area contributed by atoms with Crippen LogP contribution in [0.25, 0.3) is 0 Å². The van der Waals surface area contributed by atoms with Crippen molar-refractivity contribution in [2.24, 2.45) is 0 Å². The normalized spacial score (nSPS) is 13.8. The highest BCUT2D eigenvalue weighted by atomic mass is 19.4. The van der Waals surface area contributed by atoms with Crippen molar-refractivity contribution < 1.29 is 17.9 Å². The van der Waals surface area contributed by atoms with E-state index in [9.17, 15) is 13.2 Å². The van der Waals surface area contributed by atoms with Gasteiger partial charge in [0.25, 0.3) is 0 Å². The number of methoxy groups -OCH3 is 1. The average Bonchev–Trinajstić information content (AvgIpc) is 2.56. The second-order valence-corrected chi connectivity index (χ2v) is 3.89. The van der Waals surface area contributed by atoms with Gasteiger partial charge in [-0.25, -0.2) is 4.98 Å². The number of hydrogen-bond acceptors (Lipinski definition) is 3. The molecule has 1 heterocycles. The smallest absolute Gasteiger partial charge is 0.383 e. The molecule has 0 aliphatic heterocycles. The molecule has 0 aliphatic carbocycles. The van der Waals surface area contributed by atoms with Crippen LogP contribution in [0.3, 0.4) is 0 Å². The van der Waals surface area contributed by atoms with Gasteiger partial charge in [-0.2, -0.15) is 13.2 Å². The van der Waals surface area contributed by atoms with Gasteiger partial charge in [0.1, 0.15) is 6.54 Å². The fourth-order valence-electron chi connectivity index (χ4n) is 1.48. The molecule has 4 nitrogen and oxygen atoms in total. The van der Waals surface area contributed by atoms with Crippen molar-refractivity contribution in [2.45, 2.75) is 26.1 Å². The van der Waals surface area contributed by atoms with Crippen LogP contribution in [0.4, 0.5) is 19.1 Å². The maximum atomic E-state index is 12.1. The van der Waals surface area contributed by atoms with Crippen molar-refractivity contribution in [3.63, 3.8) is 0 Å². The lowest BCUT2D eigenvalue weighted by Gasteiger charge is -2.16. The van der Waals surface area contributed by atoms with E-state index in [1.165, 1.54) is 0 Å². The van der Waals surface area contributed by atoms with E-state index in [0.29, 0.717) is 12.3 Å². The molecule has 0 radical (unpaired) electrons. The van der Waals surface area contributed by atoms with Gasteiger partial charge >= 0.3 is 6.18 Å². The highest BCUT2D eigenvalue weighted by Gasteiger charge is 2.27. The van der Waals surface area contributed by atoms with Gasteiger partial charge < -0.3 is 14.6 Å². The monoisotopic (exact) mass is 251 g/mol. The number of nitrogens with one attached hydrogen (secondary N) is 1. The molecule has 0 amide bonds. The van der Waals surface area contributed by atoms with Gasteiger partial charge in [0.05, 0.1) is 18.3 Å². The molecule has 0 spiro atoms. The summed E-state index contributed by atoms with van der Waals surface area (Å²) in [6.07, 6.45) is -2.56. The number of halogens is 3. The fraction of sp³-hybridized carbons (Fsp3) is 0.700. The van der Waals surface area contributed by atoms with E-state index < -0.39 is 12.7 Å². The van der Waals surface area contributed by atoms with Crippen LogP contribution in [0.15, 0.2) is 6.20 Å². The van der Waals surface area contributed by atoms with E-state index in [1.54, 1.807) is 24.8 Å². The molecule has 0 aromatic carbocycles. The first-order valence-corrected chi connectivity index (χ1v) is 5.18. The Hall–Kier alpha value is -1.24. The standard InChI is InChI=1S/C10H16F3N3O/c1-7-4-16(8(2)5-17-3)9(15-7)14-6-10(11,12)13/h4,8H,5-6H2,1-3H3,(H,14,15). The van der Waals surface area contributed by atoms with Crippen LogP contribution >= 0.6 is 0 Å². The Morgan fingerprint density at radius 1 is 1.53 bits per heavy atom. The fourth-order valence-corrected chi connectivity index (χ4v) is 1.48. The maximum absolute atomic E-state index is 12.1. The van der Waals surface area contributed by atoms with Crippen molar-refractivity contribution >= 4 is 5.95 Å². The number of aromatic nitrogens is 2. The third kappa shape index (κ3) is 4.26. The third-order valence-corrected chi connectivity index (χ3v) is 2.18. The summed E-state index contributed by atoms with van der Waals surface area (Å²) in [6.45, 7) is 2.90. The summed E-state index contributed by atoms with van der Waals surface area (Å²) in [7, 11) is 1.54. The number of alkyl halides is 3. The summed E-state index contributed by atoms with van der Waals surface area (Å²) in [5.41, 5.74) is 0.664. The number of aryl methyl sites for hydroxylation is 1. The van der Waals surface area contributed by atoms with E-state index >= 15 is 0 Å². The van der Waals surface area contributed by atoms with Crippen molar-refractivity contribution in [1.29, 1.82) is 0 Å². The first-order chi connectivity index (χ1) is 7.83. The second-order valence-electron chi connectivity index (χ2n) is 3.89. The highest BCUT2D eigenvalue weighted by molar-refractivity contribution is 5.29. The SMILES string of the molecule is COCC(C)n1cc(C)nc1NCC(F)(F)F. The van der Waals surface area contributed by atoms with E-state index in [-0.39, 0.29) is 12.0 Å². The molecule has 1 aromatic heterocycles. The number of ether oxygens (including phenoxy) is 1. The number of anilines is 1. The van der Waals surface area contributed by atoms with Gasteiger partial charge in [0.2, 0.25) is 5.95 Å². The quantitative estimate of drug-likeness (QED) is 0.873. The number of hydrogen-bond donors (Lipinski definition) is 1. The molecule has 98 valence electrons. The van der Waals surface area contributed by atoms with Crippen LogP contribution in [0.5, 0.6) is 0 Å². The molecule has 0 bridgehead atoms. The topological polar surface area (TPSA) is 39.1 Å². The minimum atomic E-state index is -4.25. The Morgan fingerprint density at radius 3 is 2.71 bits per heavy atom. The van der Waals surface area contributed by atoms with Gasteiger partial charge in [0.15, 0.2) is 0 Å². The lowest BCUT2D eigenvalue weighted by atomic mass is 10.3. The molecule has 0 saturated carbocycles. The number of rotatable bonds is 5. The predicted molar refractivity (Wildman–Crippen MR) is 58.1 cm³/mol. The van der Waals surface area contributed by atoms with Crippen molar-refractivity contribution in [2.75, 3.05) is 25.6 Å². The lowest BCUT2D eigenvalue weighted by molar-refractivity contribution is -0.115. The van der Waals surface area contributed by atoms with Gasteiger partial charge in [-0.1, -0.05) is 0 Å². The summed E-state index contributed by atoms with van der Waals surface area (Å²) >= 11 is 0. The average molecular weight is 251 g/mol. The first-order valence-electron chi connectivity index (χ1n) is 5.18.